The molecule has 0 saturated carbocycles. The van der Waals surface area contributed by atoms with E-state index in [1.54, 1.807) is 12.1 Å². The molecule has 0 aliphatic carbocycles. The summed E-state index contributed by atoms with van der Waals surface area (Å²) in [6, 6.07) is 3.73. The van der Waals surface area contributed by atoms with Gasteiger partial charge in [0.05, 0.1) is 6.54 Å². The molecule has 0 fully saturated rings. The van der Waals surface area contributed by atoms with Crippen molar-refractivity contribution >= 4 is 0 Å². The number of hydrogen-bond acceptors (Lipinski definition) is 2. The average molecular weight is 180 g/mol. The Morgan fingerprint density at radius 3 is 2.77 bits per heavy atom. The molecule has 1 heterocycles. The molecule has 0 spiro atoms. The number of aromatic hydroxyl groups is 2. The number of hydrogen-bond donors (Lipinski definition) is 3. The first-order chi connectivity index (χ1) is 6.18. The highest BCUT2D eigenvalue weighted by atomic mass is 16.3. The predicted molar refractivity (Wildman–Crippen MR) is 48.7 cm³/mol. The predicted octanol–water partition coefficient (Wildman–Crippen LogP) is 0.278. The fraction of sp³-hybridized carbons (Fsp3) is 0.400. The van der Waals surface area contributed by atoms with Gasteiger partial charge in [-0.1, -0.05) is 0 Å². The number of phenolic OH excluding ortho intramolecular Hbond substituents is 2. The second kappa shape index (κ2) is 2.92. The molecule has 70 valence electrons. The molecule has 1 aliphatic rings. The molecule has 2 rings (SSSR count). The Hall–Kier alpha value is -1.22. The molecule has 0 bridgehead atoms. The molecule has 0 aromatic heterocycles. The molecular formula is C10H14NO2+. The summed E-state index contributed by atoms with van der Waals surface area (Å²) in [5, 5.41) is 20.9. The zero-order valence-corrected chi connectivity index (χ0v) is 7.62. The summed E-state index contributed by atoms with van der Waals surface area (Å²) in [4.78, 5) is 0. The Morgan fingerprint density at radius 1 is 1.31 bits per heavy atom. The minimum atomic E-state index is -0.0131. The third kappa shape index (κ3) is 1.35. The Labute approximate surface area is 77.0 Å². The number of nitrogens with two attached hydrogens (primary N) is 1. The van der Waals surface area contributed by atoms with Crippen LogP contribution in [0.15, 0.2) is 12.1 Å². The van der Waals surface area contributed by atoms with E-state index in [-0.39, 0.29) is 11.5 Å². The summed E-state index contributed by atoms with van der Waals surface area (Å²) in [5.41, 5.74) is 2.30. The molecule has 0 unspecified atom stereocenters. The van der Waals surface area contributed by atoms with E-state index >= 15 is 0 Å². The van der Waals surface area contributed by atoms with Crippen LogP contribution in [-0.4, -0.2) is 16.8 Å². The lowest BCUT2D eigenvalue weighted by molar-refractivity contribution is -0.695. The molecule has 13 heavy (non-hydrogen) atoms. The van der Waals surface area contributed by atoms with Gasteiger partial charge in [-0.2, -0.15) is 0 Å². The van der Waals surface area contributed by atoms with E-state index in [4.69, 9.17) is 0 Å². The monoisotopic (exact) mass is 180 g/mol. The van der Waals surface area contributed by atoms with Gasteiger partial charge in [0.2, 0.25) is 0 Å². The minimum Gasteiger partial charge on any atom is -0.504 e. The van der Waals surface area contributed by atoms with Crippen LogP contribution in [0.25, 0.3) is 0 Å². The number of rotatable bonds is 0. The van der Waals surface area contributed by atoms with Gasteiger partial charge >= 0.3 is 0 Å². The van der Waals surface area contributed by atoms with Gasteiger partial charge in [-0.25, -0.2) is 0 Å². The largest absolute Gasteiger partial charge is 0.504 e. The molecule has 3 heteroatoms. The zero-order valence-electron chi connectivity index (χ0n) is 7.62. The fourth-order valence-electron chi connectivity index (χ4n) is 1.89. The summed E-state index contributed by atoms with van der Waals surface area (Å²) in [6.45, 7) is 3.16. The van der Waals surface area contributed by atoms with Crippen molar-refractivity contribution in [1.29, 1.82) is 0 Å². The van der Waals surface area contributed by atoms with Crippen molar-refractivity contribution in [1.82, 2.24) is 0 Å². The maximum Gasteiger partial charge on any atom is 0.157 e. The van der Waals surface area contributed by atoms with Gasteiger partial charge in [-0.05, 0) is 24.6 Å². The second-order valence-corrected chi connectivity index (χ2v) is 3.60. The smallest absolute Gasteiger partial charge is 0.157 e. The Balaban J connectivity index is 2.52. The van der Waals surface area contributed by atoms with Crippen LogP contribution in [0.3, 0.4) is 0 Å². The molecule has 1 aliphatic heterocycles. The standard InChI is InChI=1S/C10H13NO2/c1-6-8-5-10(13)9(12)4-7(8)2-3-11-6/h4-6,11-13H,2-3H2,1H3/p+1/t6-/m1/s1. The Kier molecular flexibility index (Phi) is 1.88. The maximum atomic E-state index is 9.33. The van der Waals surface area contributed by atoms with Gasteiger partial charge in [0.25, 0.3) is 0 Å². The maximum absolute atomic E-state index is 9.33. The molecule has 4 N–H and O–H groups in total. The van der Waals surface area contributed by atoms with Crippen LogP contribution in [-0.2, 0) is 6.42 Å². The molecule has 1 aromatic rings. The summed E-state index contributed by atoms with van der Waals surface area (Å²) >= 11 is 0. The van der Waals surface area contributed by atoms with Crippen molar-refractivity contribution in [2.75, 3.05) is 6.54 Å². The topological polar surface area (TPSA) is 57.1 Å². The van der Waals surface area contributed by atoms with Crippen molar-refractivity contribution in [2.24, 2.45) is 0 Å². The lowest BCUT2D eigenvalue weighted by atomic mass is 9.95. The van der Waals surface area contributed by atoms with Crippen LogP contribution in [0.5, 0.6) is 11.5 Å². The zero-order chi connectivity index (χ0) is 9.42. The number of phenols is 2. The van der Waals surface area contributed by atoms with E-state index < -0.39 is 0 Å². The first-order valence-electron chi connectivity index (χ1n) is 4.56. The van der Waals surface area contributed by atoms with Crippen LogP contribution in [0, 0.1) is 0 Å². The van der Waals surface area contributed by atoms with Crippen molar-refractivity contribution in [3.8, 4) is 11.5 Å². The SMILES string of the molecule is C[C@H]1[NH2+]CCc2cc(O)c(O)cc21. The average Bonchev–Trinajstić information content (AvgIpc) is 2.09. The summed E-state index contributed by atoms with van der Waals surface area (Å²) in [7, 11) is 0. The van der Waals surface area contributed by atoms with Crippen LogP contribution in [0.4, 0.5) is 0 Å². The van der Waals surface area contributed by atoms with E-state index in [0.717, 1.165) is 24.1 Å². The molecule has 0 radical (unpaired) electrons. The van der Waals surface area contributed by atoms with Gasteiger partial charge < -0.3 is 15.5 Å². The number of benzene rings is 1. The lowest BCUT2D eigenvalue weighted by Crippen LogP contribution is -2.86. The summed E-state index contributed by atoms with van der Waals surface area (Å²) in [5.74, 6) is -0.0197. The molecule has 1 atom stereocenters. The summed E-state index contributed by atoms with van der Waals surface area (Å²) < 4.78 is 0. The van der Waals surface area contributed by atoms with Gasteiger partial charge in [0, 0.05) is 12.0 Å². The van der Waals surface area contributed by atoms with Gasteiger partial charge in [0.1, 0.15) is 6.04 Å². The highest BCUT2D eigenvalue weighted by Gasteiger charge is 2.20. The van der Waals surface area contributed by atoms with Crippen molar-refractivity contribution in [3.05, 3.63) is 23.3 Å². The number of quaternary nitrogens is 1. The van der Waals surface area contributed by atoms with Crippen molar-refractivity contribution in [3.63, 3.8) is 0 Å². The fourth-order valence-corrected chi connectivity index (χ4v) is 1.89. The van der Waals surface area contributed by atoms with E-state index in [9.17, 15) is 10.2 Å². The van der Waals surface area contributed by atoms with Gasteiger partial charge in [-0.15, -0.1) is 0 Å². The van der Waals surface area contributed by atoms with E-state index in [2.05, 4.69) is 12.2 Å². The Bertz CT molecular complexity index is 336. The quantitative estimate of drug-likeness (QED) is 0.502. The normalized spacial score (nSPS) is 21.2. The molecule has 0 saturated heterocycles. The van der Waals surface area contributed by atoms with E-state index in [1.165, 1.54) is 0 Å². The molecular weight excluding hydrogens is 166 g/mol. The van der Waals surface area contributed by atoms with Crippen molar-refractivity contribution < 1.29 is 15.5 Å². The highest BCUT2D eigenvalue weighted by molar-refractivity contribution is 5.46. The highest BCUT2D eigenvalue weighted by Crippen LogP contribution is 2.31. The van der Waals surface area contributed by atoms with E-state index in [1.807, 2.05) is 0 Å². The third-order valence-electron chi connectivity index (χ3n) is 2.66. The van der Waals surface area contributed by atoms with Crippen LogP contribution >= 0.6 is 0 Å². The third-order valence-corrected chi connectivity index (χ3v) is 2.66. The Morgan fingerprint density at radius 2 is 2.00 bits per heavy atom. The molecule has 3 nitrogen and oxygen atoms in total. The molecule has 1 aromatic carbocycles. The summed E-state index contributed by atoms with van der Waals surface area (Å²) in [6.07, 6.45) is 0.966. The van der Waals surface area contributed by atoms with Crippen LogP contribution in [0.1, 0.15) is 24.1 Å². The van der Waals surface area contributed by atoms with Crippen molar-refractivity contribution in [2.45, 2.75) is 19.4 Å². The molecule has 0 amide bonds. The first-order valence-corrected chi connectivity index (χ1v) is 4.56. The second-order valence-electron chi connectivity index (χ2n) is 3.60. The van der Waals surface area contributed by atoms with Gasteiger partial charge in [-0.3, -0.25) is 0 Å². The minimum absolute atomic E-state index is 0.00662. The van der Waals surface area contributed by atoms with E-state index in [0.29, 0.717) is 6.04 Å². The number of fused-ring (bicyclic) bond motifs is 1. The van der Waals surface area contributed by atoms with Crippen LogP contribution in [0.2, 0.25) is 0 Å². The first kappa shape index (κ1) is 8.38. The van der Waals surface area contributed by atoms with Gasteiger partial charge in [0.15, 0.2) is 11.5 Å². The lowest BCUT2D eigenvalue weighted by Gasteiger charge is -2.21. The van der Waals surface area contributed by atoms with Crippen LogP contribution < -0.4 is 5.32 Å².